The molecule has 196 valence electrons. The number of aromatic nitrogens is 4. The van der Waals surface area contributed by atoms with Gasteiger partial charge in [-0.2, -0.15) is 0 Å². The lowest BCUT2D eigenvalue weighted by Crippen LogP contribution is -2.23. The van der Waals surface area contributed by atoms with Crippen molar-refractivity contribution in [2.45, 2.75) is 59.2 Å². The van der Waals surface area contributed by atoms with Gasteiger partial charge in [0.25, 0.3) is 0 Å². The van der Waals surface area contributed by atoms with Gasteiger partial charge in [-0.15, -0.1) is 10.2 Å². The van der Waals surface area contributed by atoms with Gasteiger partial charge in [-0.25, -0.2) is 4.79 Å². The summed E-state index contributed by atoms with van der Waals surface area (Å²) in [4.78, 5) is 12.5. The molecule has 1 aromatic carbocycles. The molecule has 0 saturated carbocycles. The summed E-state index contributed by atoms with van der Waals surface area (Å²) in [6.45, 7) is 13.5. The van der Waals surface area contributed by atoms with Crippen LogP contribution in [-0.4, -0.2) is 44.9 Å². The topological polar surface area (TPSA) is 93.7 Å². The number of carbonyl (C=O) groups is 1. The van der Waals surface area contributed by atoms with Gasteiger partial charge in [0.1, 0.15) is 12.6 Å². The molecule has 0 aliphatic carbocycles. The van der Waals surface area contributed by atoms with E-state index in [4.69, 9.17) is 16.3 Å². The molecule has 0 amide bonds. The maximum absolute atomic E-state index is 12.5. The fourth-order valence-corrected chi connectivity index (χ4v) is 5.31. The summed E-state index contributed by atoms with van der Waals surface area (Å²) in [5, 5.41) is 22.9. The predicted molar refractivity (Wildman–Crippen MR) is 150 cm³/mol. The standard InChI is InChI=1S/C27H34ClN5O3Si/c1-17-13-22(15-33-19(3)30-31-26(17)33)29-24(20-7-9-21(28)10-8-20)25-23(27(34)35)18(2)14-32(25)16-36-11-12-37(4,5)6/h7-10,13-15,24,29H,11-12,16H2,1-6H3,(H,34,35). The average molecular weight is 540 g/mol. The number of pyridine rings is 1. The van der Waals surface area contributed by atoms with Gasteiger partial charge in [0, 0.05) is 32.1 Å². The van der Waals surface area contributed by atoms with Gasteiger partial charge >= 0.3 is 5.97 Å². The molecule has 0 radical (unpaired) electrons. The van der Waals surface area contributed by atoms with Crippen LogP contribution < -0.4 is 5.32 Å². The highest BCUT2D eigenvalue weighted by atomic mass is 35.5. The van der Waals surface area contributed by atoms with Crippen molar-refractivity contribution in [2.75, 3.05) is 11.9 Å². The van der Waals surface area contributed by atoms with E-state index in [0.717, 1.165) is 34.3 Å². The Morgan fingerprint density at radius 2 is 1.81 bits per heavy atom. The SMILES string of the molecule is Cc1cn(COCC[Si](C)(C)C)c(C(Nc2cc(C)c3nnc(C)n3c2)c2ccc(Cl)cc2)c1C(=O)O. The zero-order chi connectivity index (χ0) is 26.9. The number of hydrogen-bond acceptors (Lipinski definition) is 5. The second-order valence-electron chi connectivity index (χ2n) is 10.7. The lowest BCUT2D eigenvalue weighted by atomic mass is 9.98. The highest BCUT2D eigenvalue weighted by molar-refractivity contribution is 6.76. The Hall–Kier alpha value is -3.14. The van der Waals surface area contributed by atoms with E-state index in [9.17, 15) is 9.90 Å². The van der Waals surface area contributed by atoms with E-state index in [1.807, 2.05) is 72.5 Å². The van der Waals surface area contributed by atoms with Crippen LogP contribution in [0.3, 0.4) is 0 Å². The van der Waals surface area contributed by atoms with Crippen molar-refractivity contribution < 1.29 is 14.6 Å². The third-order valence-electron chi connectivity index (χ3n) is 6.40. The lowest BCUT2D eigenvalue weighted by molar-refractivity contribution is 0.0690. The maximum atomic E-state index is 12.5. The van der Waals surface area contributed by atoms with Crippen molar-refractivity contribution in [1.29, 1.82) is 0 Å². The Labute approximate surface area is 223 Å². The van der Waals surface area contributed by atoms with Crippen LogP contribution in [0.5, 0.6) is 0 Å². The number of nitrogens with one attached hydrogen (secondary N) is 1. The summed E-state index contributed by atoms with van der Waals surface area (Å²) in [5.41, 5.74) is 5.00. The molecule has 2 N–H and O–H groups in total. The molecule has 10 heteroatoms. The fourth-order valence-electron chi connectivity index (χ4n) is 4.43. The van der Waals surface area contributed by atoms with Gasteiger partial charge in [0.05, 0.1) is 23.0 Å². The number of aryl methyl sites for hydroxylation is 3. The van der Waals surface area contributed by atoms with Crippen molar-refractivity contribution in [3.8, 4) is 0 Å². The summed E-state index contributed by atoms with van der Waals surface area (Å²) in [6, 6.07) is 10.0. The first-order chi connectivity index (χ1) is 17.4. The van der Waals surface area contributed by atoms with Crippen LogP contribution in [0.2, 0.25) is 30.7 Å². The Bertz CT molecular complexity index is 1420. The van der Waals surface area contributed by atoms with E-state index in [1.165, 1.54) is 0 Å². The van der Waals surface area contributed by atoms with Gasteiger partial charge in [-0.05, 0) is 61.7 Å². The number of halogens is 1. The average Bonchev–Trinajstić information content (AvgIpc) is 3.35. The number of aromatic carboxylic acids is 1. The highest BCUT2D eigenvalue weighted by Crippen LogP contribution is 2.33. The van der Waals surface area contributed by atoms with Crippen molar-refractivity contribution >= 4 is 37.0 Å². The molecule has 8 nitrogen and oxygen atoms in total. The minimum Gasteiger partial charge on any atom is -0.478 e. The first-order valence-corrected chi connectivity index (χ1v) is 16.4. The van der Waals surface area contributed by atoms with E-state index < -0.39 is 20.1 Å². The van der Waals surface area contributed by atoms with Crippen molar-refractivity contribution in [1.82, 2.24) is 19.2 Å². The highest BCUT2D eigenvalue weighted by Gasteiger charge is 2.28. The molecule has 3 heterocycles. The number of benzene rings is 1. The van der Waals surface area contributed by atoms with Crippen LogP contribution in [0.4, 0.5) is 5.69 Å². The molecule has 0 spiro atoms. The van der Waals surface area contributed by atoms with Gasteiger partial charge in [0.15, 0.2) is 5.65 Å². The van der Waals surface area contributed by atoms with Gasteiger partial charge in [-0.3, -0.25) is 4.40 Å². The number of ether oxygens (including phenoxy) is 1. The maximum Gasteiger partial charge on any atom is 0.337 e. The number of anilines is 1. The number of hydrogen-bond donors (Lipinski definition) is 2. The molecule has 3 aromatic heterocycles. The summed E-state index contributed by atoms with van der Waals surface area (Å²) in [6.07, 6.45) is 3.79. The molecule has 37 heavy (non-hydrogen) atoms. The Kier molecular flexibility index (Phi) is 7.77. The van der Waals surface area contributed by atoms with Crippen LogP contribution in [0, 0.1) is 20.8 Å². The van der Waals surface area contributed by atoms with E-state index in [0.29, 0.717) is 22.9 Å². The van der Waals surface area contributed by atoms with Crippen molar-refractivity contribution in [2.24, 2.45) is 0 Å². The molecule has 4 rings (SSSR count). The largest absolute Gasteiger partial charge is 0.478 e. The number of fused-ring (bicyclic) bond motifs is 1. The Morgan fingerprint density at radius 1 is 1.11 bits per heavy atom. The third kappa shape index (κ3) is 6.06. The second kappa shape index (κ2) is 10.7. The zero-order valence-electron chi connectivity index (χ0n) is 22.2. The Balaban J connectivity index is 1.80. The first kappa shape index (κ1) is 26.9. The molecule has 4 aromatic rings. The fraction of sp³-hybridized carbons (Fsp3) is 0.370. The molecular weight excluding hydrogens is 506 g/mol. The normalized spacial score (nSPS) is 12.7. The van der Waals surface area contributed by atoms with Gasteiger partial charge in [-0.1, -0.05) is 43.4 Å². The smallest absolute Gasteiger partial charge is 0.337 e. The lowest BCUT2D eigenvalue weighted by Gasteiger charge is -2.24. The van der Waals surface area contributed by atoms with E-state index >= 15 is 0 Å². The molecule has 0 bridgehead atoms. The number of carboxylic acids is 1. The van der Waals surface area contributed by atoms with Crippen LogP contribution in [-0.2, 0) is 11.5 Å². The third-order valence-corrected chi connectivity index (χ3v) is 8.35. The number of nitrogens with zero attached hydrogens (tertiary/aromatic N) is 4. The quantitative estimate of drug-likeness (QED) is 0.181. The molecule has 0 fully saturated rings. The molecule has 0 saturated heterocycles. The van der Waals surface area contributed by atoms with Crippen LogP contribution in [0.1, 0.15) is 44.6 Å². The van der Waals surface area contributed by atoms with Crippen LogP contribution >= 0.6 is 11.6 Å². The summed E-state index contributed by atoms with van der Waals surface area (Å²) < 4.78 is 9.89. The zero-order valence-corrected chi connectivity index (χ0v) is 23.9. The number of carboxylic acid groups (broad SMARTS) is 1. The molecule has 1 atom stereocenters. The summed E-state index contributed by atoms with van der Waals surface area (Å²) >= 11 is 6.20. The summed E-state index contributed by atoms with van der Waals surface area (Å²) in [5.74, 6) is -0.207. The molecular formula is C27H34ClN5O3Si. The summed E-state index contributed by atoms with van der Waals surface area (Å²) in [7, 11) is -1.26. The minimum absolute atomic E-state index is 0.263. The van der Waals surface area contributed by atoms with Gasteiger partial charge < -0.3 is 19.7 Å². The van der Waals surface area contributed by atoms with E-state index in [-0.39, 0.29) is 12.3 Å². The van der Waals surface area contributed by atoms with Crippen LogP contribution in [0.15, 0.2) is 42.7 Å². The molecule has 0 aliphatic heterocycles. The number of rotatable bonds is 10. The predicted octanol–water partition coefficient (Wildman–Crippen LogP) is 6.32. The second-order valence-corrected chi connectivity index (χ2v) is 16.7. The van der Waals surface area contributed by atoms with Crippen molar-refractivity contribution in [3.63, 3.8) is 0 Å². The minimum atomic E-state index is -1.26. The van der Waals surface area contributed by atoms with E-state index in [2.05, 4.69) is 35.2 Å². The van der Waals surface area contributed by atoms with Crippen LogP contribution in [0.25, 0.3) is 5.65 Å². The van der Waals surface area contributed by atoms with Crippen molar-refractivity contribution in [3.05, 3.63) is 81.5 Å². The van der Waals surface area contributed by atoms with Gasteiger partial charge in [0.2, 0.25) is 0 Å². The first-order valence-electron chi connectivity index (χ1n) is 12.3. The molecule has 1 unspecified atom stereocenters. The Morgan fingerprint density at radius 3 is 2.46 bits per heavy atom. The molecule has 0 aliphatic rings. The monoisotopic (exact) mass is 539 g/mol. The van der Waals surface area contributed by atoms with E-state index in [1.54, 1.807) is 0 Å².